The molecule has 0 saturated carbocycles. The Kier molecular flexibility index (Phi) is 6.76. The minimum Gasteiger partial charge on any atom is -0.379 e. The molecule has 5 nitrogen and oxygen atoms in total. The number of ether oxygens (including phenoxy) is 1. The third-order valence-electron chi connectivity index (χ3n) is 4.31. The van der Waals surface area contributed by atoms with Crippen LogP contribution in [-0.4, -0.2) is 42.8 Å². The lowest BCUT2D eigenvalue weighted by Gasteiger charge is -2.26. The molecule has 136 valence electrons. The fourth-order valence-electron chi connectivity index (χ4n) is 2.73. The summed E-state index contributed by atoms with van der Waals surface area (Å²) in [6.45, 7) is 6.25. The van der Waals surface area contributed by atoms with Gasteiger partial charge in [0.05, 0.1) is 18.9 Å². The van der Waals surface area contributed by atoms with E-state index in [9.17, 15) is 4.79 Å². The fraction of sp³-hybridized carbons (Fsp3) is 0.300. The van der Waals surface area contributed by atoms with Crippen LogP contribution in [0.1, 0.15) is 28.4 Å². The Morgan fingerprint density at radius 1 is 1.08 bits per heavy atom. The van der Waals surface area contributed by atoms with Crippen LogP contribution >= 0.6 is 22.6 Å². The van der Waals surface area contributed by atoms with Gasteiger partial charge in [0.2, 0.25) is 0 Å². The maximum absolute atomic E-state index is 12.3. The molecule has 2 aromatic carbocycles. The minimum atomic E-state index is -0.201. The molecule has 26 heavy (non-hydrogen) atoms. The molecule has 1 N–H and O–H groups in total. The van der Waals surface area contributed by atoms with Crippen molar-refractivity contribution in [3.05, 3.63) is 68.8 Å². The fourth-order valence-corrected chi connectivity index (χ4v) is 3.09. The summed E-state index contributed by atoms with van der Waals surface area (Å²) in [4.78, 5) is 14.6. The second-order valence-electron chi connectivity index (χ2n) is 6.23. The van der Waals surface area contributed by atoms with Gasteiger partial charge in [0.15, 0.2) is 0 Å². The van der Waals surface area contributed by atoms with E-state index < -0.39 is 0 Å². The van der Waals surface area contributed by atoms with Crippen LogP contribution in [0.4, 0.5) is 0 Å². The second kappa shape index (κ2) is 9.25. The number of benzene rings is 2. The number of hydrogen-bond acceptors (Lipinski definition) is 4. The summed E-state index contributed by atoms with van der Waals surface area (Å²) in [5.74, 6) is -0.201. The van der Waals surface area contributed by atoms with Gasteiger partial charge in [0, 0.05) is 28.8 Å². The number of hydrazone groups is 1. The predicted molar refractivity (Wildman–Crippen MR) is 111 cm³/mol. The first kappa shape index (κ1) is 19.0. The van der Waals surface area contributed by atoms with Gasteiger partial charge < -0.3 is 4.74 Å². The Balaban J connectivity index is 1.57. The van der Waals surface area contributed by atoms with Gasteiger partial charge in [-0.2, -0.15) is 5.10 Å². The van der Waals surface area contributed by atoms with Gasteiger partial charge in [-0.05, 0) is 64.9 Å². The number of rotatable bonds is 5. The average Bonchev–Trinajstić information content (AvgIpc) is 2.68. The van der Waals surface area contributed by atoms with E-state index in [0.29, 0.717) is 5.56 Å². The highest BCUT2D eigenvalue weighted by Crippen LogP contribution is 2.10. The van der Waals surface area contributed by atoms with E-state index in [1.165, 1.54) is 9.13 Å². The van der Waals surface area contributed by atoms with Gasteiger partial charge in [-0.1, -0.05) is 24.3 Å². The van der Waals surface area contributed by atoms with Crippen molar-refractivity contribution >= 4 is 34.2 Å². The van der Waals surface area contributed by atoms with Crippen molar-refractivity contribution in [2.24, 2.45) is 5.10 Å². The van der Waals surface area contributed by atoms with Crippen LogP contribution in [0.15, 0.2) is 53.6 Å². The monoisotopic (exact) mass is 463 g/mol. The summed E-state index contributed by atoms with van der Waals surface area (Å²) in [6.07, 6.45) is 0. The van der Waals surface area contributed by atoms with E-state index in [2.05, 4.69) is 38.0 Å². The Morgan fingerprint density at radius 2 is 1.69 bits per heavy atom. The van der Waals surface area contributed by atoms with Crippen LogP contribution in [0.3, 0.4) is 0 Å². The molecule has 1 fully saturated rings. The molecule has 1 amide bonds. The van der Waals surface area contributed by atoms with Crippen LogP contribution in [-0.2, 0) is 11.3 Å². The Bertz CT molecular complexity index is 767. The number of hydrogen-bond donors (Lipinski definition) is 1. The summed E-state index contributed by atoms with van der Waals surface area (Å²) < 4.78 is 6.53. The molecule has 2 aromatic rings. The molecule has 1 aliphatic rings. The molecule has 0 radical (unpaired) electrons. The predicted octanol–water partition coefficient (Wildman–Crippen LogP) is 3.28. The van der Waals surface area contributed by atoms with Crippen molar-refractivity contribution in [1.29, 1.82) is 0 Å². The minimum absolute atomic E-state index is 0.201. The molecular formula is C20H22IN3O2. The normalized spacial score (nSPS) is 15.7. The van der Waals surface area contributed by atoms with Crippen molar-refractivity contribution in [3.8, 4) is 0 Å². The molecule has 0 aromatic heterocycles. The topological polar surface area (TPSA) is 53.9 Å². The van der Waals surface area contributed by atoms with E-state index in [1.807, 2.05) is 55.5 Å². The number of carbonyl (C=O) groups excluding carboxylic acids is 1. The van der Waals surface area contributed by atoms with Crippen LogP contribution < -0.4 is 5.43 Å². The zero-order valence-electron chi connectivity index (χ0n) is 14.7. The largest absolute Gasteiger partial charge is 0.379 e. The maximum Gasteiger partial charge on any atom is 0.271 e. The molecule has 6 heteroatoms. The molecule has 0 atom stereocenters. The number of amides is 1. The molecule has 3 rings (SSSR count). The summed E-state index contributed by atoms with van der Waals surface area (Å²) in [5.41, 5.74) is 6.20. The van der Waals surface area contributed by atoms with Crippen LogP contribution in [0.5, 0.6) is 0 Å². The summed E-state index contributed by atoms with van der Waals surface area (Å²) in [6, 6.07) is 15.7. The maximum atomic E-state index is 12.3. The van der Waals surface area contributed by atoms with Crippen LogP contribution in [0, 0.1) is 3.57 Å². The highest BCUT2D eigenvalue weighted by atomic mass is 127. The zero-order chi connectivity index (χ0) is 18.4. The van der Waals surface area contributed by atoms with E-state index in [1.54, 1.807) is 0 Å². The van der Waals surface area contributed by atoms with Crippen molar-refractivity contribution in [2.75, 3.05) is 26.3 Å². The van der Waals surface area contributed by atoms with Gasteiger partial charge in [-0.25, -0.2) is 5.43 Å². The zero-order valence-corrected chi connectivity index (χ0v) is 16.9. The number of halogens is 1. The lowest BCUT2D eigenvalue weighted by Crippen LogP contribution is -2.35. The Hall–Kier alpha value is -1.77. The first-order valence-electron chi connectivity index (χ1n) is 8.61. The van der Waals surface area contributed by atoms with Crippen molar-refractivity contribution < 1.29 is 9.53 Å². The lowest BCUT2D eigenvalue weighted by molar-refractivity contribution is 0.0342. The summed E-state index contributed by atoms with van der Waals surface area (Å²) in [7, 11) is 0. The van der Waals surface area contributed by atoms with Crippen molar-refractivity contribution in [1.82, 2.24) is 10.3 Å². The highest BCUT2D eigenvalue weighted by molar-refractivity contribution is 14.1. The lowest BCUT2D eigenvalue weighted by atomic mass is 10.1. The van der Waals surface area contributed by atoms with Gasteiger partial charge in [0.25, 0.3) is 5.91 Å². The van der Waals surface area contributed by atoms with Crippen LogP contribution in [0.25, 0.3) is 0 Å². The quantitative estimate of drug-likeness (QED) is 0.421. The SMILES string of the molecule is C/C(=N/NC(=O)c1ccc(CN2CCOCC2)cc1)c1ccc(I)cc1. The molecule has 1 saturated heterocycles. The molecule has 0 bridgehead atoms. The number of morpholine rings is 1. The van der Waals surface area contributed by atoms with Crippen LogP contribution in [0.2, 0.25) is 0 Å². The van der Waals surface area contributed by atoms with Crippen molar-refractivity contribution in [3.63, 3.8) is 0 Å². The Labute approximate surface area is 167 Å². The van der Waals surface area contributed by atoms with E-state index in [0.717, 1.165) is 44.1 Å². The third-order valence-corrected chi connectivity index (χ3v) is 5.03. The molecule has 0 unspecified atom stereocenters. The third kappa shape index (κ3) is 5.36. The highest BCUT2D eigenvalue weighted by Gasteiger charge is 2.11. The van der Waals surface area contributed by atoms with E-state index in [-0.39, 0.29) is 5.91 Å². The van der Waals surface area contributed by atoms with Gasteiger partial charge >= 0.3 is 0 Å². The second-order valence-corrected chi connectivity index (χ2v) is 7.48. The molecule has 1 heterocycles. The standard InChI is InChI=1S/C20H22IN3O2/c1-15(17-6-8-19(21)9-7-17)22-23-20(25)18-4-2-16(3-5-18)14-24-10-12-26-13-11-24/h2-9H,10-14H2,1H3,(H,23,25)/b22-15-. The molecule has 0 spiro atoms. The average molecular weight is 463 g/mol. The Morgan fingerprint density at radius 3 is 2.35 bits per heavy atom. The van der Waals surface area contributed by atoms with Crippen molar-refractivity contribution in [2.45, 2.75) is 13.5 Å². The van der Waals surface area contributed by atoms with E-state index in [4.69, 9.17) is 4.74 Å². The summed E-state index contributed by atoms with van der Waals surface area (Å²) in [5, 5.41) is 4.21. The smallest absolute Gasteiger partial charge is 0.271 e. The van der Waals surface area contributed by atoms with Gasteiger partial charge in [-0.3, -0.25) is 9.69 Å². The van der Waals surface area contributed by atoms with E-state index >= 15 is 0 Å². The molecule has 1 aliphatic heterocycles. The first-order chi connectivity index (χ1) is 12.6. The number of nitrogens with one attached hydrogen (secondary N) is 1. The molecular weight excluding hydrogens is 441 g/mol. The van der Waals surface area contributed by atoms with Gasteiger partial charge in [0.1, 0.15) is 0 Å². The molecule has 0 aliphatic carbocycles. The first-order valence-corrected chi connectivity index (χ1v) is 9.69. The number of carbonyl (C=O) groups is 1. The number of nitrogens with zero attached hydrogens (tertiary/aromatic N) is 2. The summed E-state index contributed by atoms with van der Waals surface area (Å²) >= 11 is 2.26. The van der Waals surface area contributed by atoms with Gasteiger partial charge in [-0.15, -0.1) is 0 Å².